The maximum atomic E-state index is 11.7. The fourth-order valence-corrected chi connectivity index (χ4v) is 2.19. The molecule has 5 heteroatoms. The van der Waals surface area contributed by atoms with Gasteiger partial charge in [-0.05, 0) is 44.4 Å². The van der Waals surface area contributed by atoms with E-state index < -0.39 is 6.04 Å². The topological polar surface area (TPSA) is 70.8 Å². The second-order valence-electron chi connectivity index (χ2n) is 5.82. The van der Waals surface area contributed by atoms with Crippen LogP contribution in [0.5, 0.6) is 5.75 Å². The van der Waals surface area contributed by atoms with Gasteiger partial charge in [-0.3, -0.25) is 4.79 Å². The quantitative estimate of drug-likeness (QED) is 0.529. The molecule has 0 fully saturated rings. The molecule has 0 aliphatic carbocycles. The number of esters is 1. The summed E-state index contributed by atoms with van der Waals surface area (Å²) in [7, 11) is 1.64. The molecule has 0 aliphatic rings. The molecule has 0 bridgehead atoms. The zero-order valence-electron chi connectivity index (χ0n) is 14.6. The van der Waals surface area contributed by atoms with Gasteiger partial charge < -0.3 is 19.9 Å². The summed E-state index contributed by atoms with van der Waals surface area (Å²) in [5, 5.41) is 0. The van der Waals surface area contributed by atoms with E-state index >= 15 is 0 Å². The number of hydrogen-bond acceptors (Lipinski definition) is 5. The Morgan fingerprint density at radius 1 is 1.22 bits per heavy atom. The summed E-state index contributed by atoms with van der Waals surface area (Å²) in [5.41, 5.74) is 6.72. The first-order valence-corrected chi connectivity index (χ1v) is 8.14. The number of ether oxygens (including phenoxy) is 3. The van der Waals surface area contributed by atoms with E-state index in [0.717, 1.165) is 24.2 Å². The number of benzene rings is 1. The molecule has 5 nitrogen and oxygen atoms in total. The molecule has 0 radical (unpaired) electrons. The average Bonchev–Trinajstić information content (AvgIpc) is 2.54. The first-order chi connectivity index (χ1) is 11.0. The number of hydrogen-bond donors (Lipinski definition) is 1. The maximum absolute atomic E-state index is 11.7. The third-order valence-corrected chi connectivity index (χ3v) is 3.68. The van der Waals surface area contributed by atoms with Crippen LogP contribution >= 0.6 is 0 Å². The standard InChI is InChI=1S/C18H29NO4/c1-5-10-22-12-16(14(3)23-18(20)13(2)19)11-15-6-8-17(21-4)9-7-15/h6-9,13-14,16H,5,10-12,19H2,1-4H3/t13-,14-,16+/m0/s1. The average molecular weight is 323 g/mol. The fourth-order valence-electron chi connectivity index (χ4n) is 2.19. The summed E-state index contributed by atoms with van der Waals surface area (Å²) in [6.07, 6.45) is 1.47. The minimum absolute atomic E-state index is 0.0812. The highest BCUT2D eigenvalue weighted by atomic mass is 16.5. The van der Waals surface area contributed by atoms with Gasteiger partial charge in [-0.15, -0.1) is 0 Å². The lowest BCUT2D eigenvalue weighted by atomic mass is 9.95. The highest BCUT2D eigenvalue weighted by Gasteiger charge is 2.23. The third-order valence-electron chi connectivity index (χ3n) is 3.68. The Balaban J connectivity index is 2.71. The molecule has 130 valence electrons. The zero-order valence-corrected chi connectivity index (χ0v) is 14.6. The monoisotopic (exact) mass is 323 g/mol. The van der Waals surface area contributed by atoms with Crippen LogP contribution in [-0.4, -0.2) is 38.4 Å². The van der Waals surface area contributed by atoms with Gasteiger partial charge in [0, 0.05) is 12.5 Å². The van der Waals surface area contributed by atoms with E-state index in [9.17, 15) is 4.79 Å². The Hall–Kier alpha value is -1.59. The molecular weight excluding hydrogens is 294 g/mol. The van der Waals surface area contributed by atoms with Gasteiger partial charge in [0.1, 0.15) is 17.9 Å². The van der Waals surface area contributed by atoms with Crippen molar-refractivity contribution in [1.82, 2.24) is 0 Å². The summed E-state index contributed by atoms with van der Waals surface area (Å²) in [4.78, 5) is 11.7. The smallest absolute Gasteiger partial charge is 0.322 e. The van der Waals surface area contributed by atoms with E-state index in [1.807, 2.05) is 31.2 Å². The number of rotatable bonds is 10. The van der Waals surface area contributed by atoms with Crippen molar-refractivity contribution >= 4 is 5.97 Å². The minimum Gasteiger partial charge on any atom is -0.497 e. The summed E-state index contributed by atoms with van der Waals surface area (Å²) in [6.45, 7) is 6.84. The Morgan fingerprint density at radius 3 is 2.39 bits per heavy atom. The van der Waals surface area contributed by atoms with Crippen molar-refractivity contribution in [2.75, 3.05) is 20.3 Å². The molecular formula is C18H29NO4. The number of nitrogens with two attached hydrogens (primary N) is 1. The lowest BCUT2D eigenvalue weighted by Crippen LogP contribution is -2.36. The van der Waals surface area contributed by atoms with Gasteiger partial charge in [0.05, 0.1) is 13.7 Å². The molecule has 0 aromatic heterocycles. The van der Waals surface area contributed by atoms with E-state index in [1.54, 1.807) is 14.0 Å². The van der Waals surface area contributed by atoms with Crippen molar-refractivity contribution in [3.8, 4) is 5.75 Å². The summed E-state index contributed by atoms with van der Waals surface area (Å²) in [5.74, 6) is 0.523. The van der Waals surface area contributed by atoms with Crippen LogP contribution < -0.4 is 10.5 Å². The van der Waals surface area contributed by atoms with Gasteiger partial charge in [0.25, 0.3) is 0 Å². The molecule has 1 aromatic carbocycles. The van der Waals surface area contributed by atoms with E-state index in [4.69, 9.17) is 19.9 Å². The zero-order chi connectivity index (χ0) is 17.2. The van der Waals surface area contributed by atoms with Crippen LogP contribution in [0, 0.1) is 5.92 Å². The van der Waals surface area contributed by atoms with Crippen LogP contribution in [0.3, 0.4) is 0 Å². The van der Waals surface area contributed by atoms with E-state index in [-0.39, 0.29) is 18.0 Å². The lowest BCUT2D eigenvalue weighted by molar-refractivity contribution is -0.153. The molecule has 0 spiro atoms. The van der Waals surface area contributed by atoms with Crippen LogP contribution in [-0.2, 0) is 20.7 Å². The summed E-state index contributed by atoms with van der Waals surface area (Å²) < 4.78 is 16.3. The minimum atomic E-state index is -0.615. The van der Waals surface area contributed by atoms with E-state index in [1.165, 1.54) is 0 Å². The Bertz CT molecular complexity index is 459. The van der Waals surface area contributed by atoms with Gasteiger partial charge >= 0.3 is 5.97 Å². The summed E-state index contributed by atoms with van der Waals surface area (Å²) in [6, 6.07) is 7.28. The van der Waals surface area contributed by atoms with Crippen LogP contribution in [0.1, 0.15) is 32.8 Å². The molecule has 0 amide bonds. The van der Waals surface area contributed by atoms with Gasteiger partial charge in [-0.25, -0.2) is 0 Å². The molecule has 1 aromatic rings. The molecule has 1 rings (SSSR count). The van der Waals surface area contributed by atoms with Gasteiger partial charge in [0.2, 0.25) is 0 Å². The number of carbonyl (C=O) groups excluding carboxylic acids is 1. The van der Waals surface area contributed by atoms with E-state index in [2.05, 4.69) is 6.92 Å². The van der Waals surface area contributed by atoms with Crippen LogP contribution in [0.2, 0.25) is 0 Å². The highest BCUT2D eigenvalue weighted by molar-refractivity contribution is 5.75. The van der Waals surface area contributed by atoms with Gasteiger partial charge in [-0.2, -0.15) is 0 Å². The second kappa shape index (κ2) is 10.2. The maximum Gasteiger partial charge on any atom is 0.322 e. The summed E-state index contributed by atoms with van der Waals surface area (Å²) >= 11 is 0. The van der Waals surface area contributed by atoms with Crippen LogP contribution in [0.4, 0.5) is 0 Å². The predicted molar refractivity (Wildman–Crippen MR) is 90.5 cm³/mol. The predicted octanol–water partition coefficient (Wildman–Crippen LogP) is 2.56. The first kappa shape index (κ1) is 19.5. The van der Waals surface area contributed by atoms with Crippen LogP contribution in [0.25, 0.3) is 0 Å². The number of methoxy groups -OCH3 is 1. The second-order valence-corrected chi connectivity index (χ2v) is 5.82. The van der Waals surface area contributed by atoms with Crippen molar-refractivity contribution in [2.45, 2.75) is 45.8 Å². The first-order valence-electron chi connectivity index (χ1n) is 8.14. The molecule has 0 unspecified atom stereocenters. The SMILES string of the molecule is CCCOC[C@@H](Cc1ccc(OC)cc1)[C@H](C)OC(=O)[C@H](C)N. The Labute approximate surface area is 139 Å². The largest absolute Gasteiger partial charge is 0.497 e. The van der Waals surface area contributed by atoms with Crippen LogP contribution in [0.15, 0.2) is 24.3 Å². The Kier molecular flexibility index (Phi) is 8.66. The van der Waals surface area contributed by atoms with Gasteiger partial charge in [-0.1, -0.05) is 19.1 Å². The molecule has 0 aliphatic heterocycles. The number of carbonyl (C=O) groups is 1. The highest BCUT2D eigenvalue weighted by Crippen LogP contribution is 2.19. The van der Waals surface area contributed by atoms with Crippen molar-refractivity contribution in [1.29, 1.82) is 0 Å². The molecule has 3 atom stereocenters. The normalized spacial score (nSPS) is 14.8. The van der Waals surface area contributed by atoms with Crippen molar-refractivity contribution in [3.05, 3.63) is 29.8 Å². The fraction of sp³-hybridized carbons (Fsp3) is 0.611. The molecule has 0 saturated carbocycles. The van der Waals surface area contributed by atoms with Gasteiger partial charge in [0.15, 0.2) is 0 Å². The third kappa shape index (κ3) is 7.01. The molecule has 0 saturated heterocycles. The van der Waals surface area contributed by atoms with Crippen molar-refractivity contribution in [3.63, 3.8) is 0 Å². The van der Waals surface area contributed by atoms with E-state index in [0.29, 0.717) is 13.2 Å². The molecule has 2 N–H and O–H groups in total. The van der Waals surface area contributed by atoms with Crippen molar-refractivity contribution < 1.29 is 19.0 Å². The molecule has 0 heterocycles. The van der Waals surface area contributed by atoms with Crippen molar-refractivity contribution in [2.24, 2.45) is 11.7 Å². The molecule has 23 heavy (non-hydrogen) atoms. The lowest BCUT2D eigenvalue weighted by Gasteiger charge is -2.25. The Morgan fingerprint density at radius 2 is 1.87 bits per heavy atom.